The van der Waals surface area contributed by atoms with Crippen molar-refractivity contribution in [3.63, 3.8) is 0 Å². The highest BCUT2D eigenvalue weighted by Gasteiger charge is 2.23. The first-order valence-corrected chi connectivity index (χ1v) is 7.18. The second-order valence-corrected chi connectivity index (χ2v) is 5.48. The molecule has 1 fully saturated rings. The lowest BCUT2D eigenvalue weighted by Crippen LogP contribution is -2.41. The molecule has 0 radical (unpaired) electrons. The molecule has 1 aromatic rings. The summed E-state index contributed by atoms with van der Waals surface area (Å²) in [7, 11) is 1.62. The molecule has 4 heteroatoms. The molecule has 2 rings (SSSR count). The van der Waals surface area contributed by atoms with Crippen LogP contribution < -0.4 is 9.47 Å². The van der Waals surface area contributed by atoms with E-state index < -0.39 is 0 Å². The lowest BCUT2D eigenvalue weighted by molar-refractivity contribution is 0.0821. The summed E-state index contributed by atoms with van der Waals surface area (Å²) in [6, 6.07) is 5.85. The largest absolute Gasteiger partial charge is 0.493 e. The number of nitrogens with zero attached hydrogens (tertiary/aromatic N) is 1. The summed E-state index contributed by atoms with van der Waals surface area (Å²) >= 11 is 0. The van der Waals surface area contributed by atoms with E-state index in [1.165, 1.54) is 0 Å². The quantitative estimate of drug-likeness (QED) is 0.776. The number of benzene rings is 1. The zero-order valence-electron chi connectivity index (χ0n) is 12.5. The van der Waals surface area contributed by atoms with Crippen molar-refractivity contribution < 1.29 is 14.3 Å². The monoisotopic (exact) mass is 277 g/mol. The Morgan fingerprint density at radius 3 is 2.50 bits per heavy atom. The van der Waals surface area contributed by atoms with Gasteiger partial charge in [-0.05, 0) is 44.9 Å². The van der Waals surface area contributed by atoms with Gasteiger partial charge in [0.15, 0.2) is 11.5 Å². The van der Waals surface area contributed by atoms with E-state index in [9.17, 15) is 4.79 Å². The molecule has 0 amide bonds. The molecular weight excluding hydrogens is 254 g/mol. The van der Waals surface area contributed by atoms with Crippen molar-refractivity contribution in [1.29, 1.82) is 0 Å². The molecule has 0 aromatic heterocycles. The van der Waals surface area contributed by atoms with Gasteiger partial charge in [-0.1, -0.05) is 0 Å². The average Bonchev–Trinajstić information content (AvgIpc) is 2.47. The fourth-order valence-corrected chi connectivity index (χ4v) is 2.55. The smallest absolute Gasteiger partial charge is 0.162 e. The first kappa shape index (κ1) is 14.9. The number of carbonyl (C=O) groups is 1. The van der Waals surface area contributed by atoms with E-state index in [1.54, 1.807) is 25.3 Å². The predicted molar refractivity (Wildman–Crippen MR) is 78.7 cm³/mol. The van der Waals surface area contributed by atoms with Crippen LogP contribution in [-0.2, 0) is 0 Å². The highest BCUT2D eigenvalue weighted by atomic mass is 16.5. The van der Waals surface area contributed by atoms with Gasteiger partial charge < -0.3 is 14.4 Å². The average molecular weight is 277 g/mol. The number of ether oxygens (including phenoxy) is 2. The topological polar surface area (TPSA) is 38.8 Å². The van der Waals surface area contributed by atoms with Gasteiger partial charge in [0.1, 0.15) is 12.4 Å². The van der Waals surface area contributed by atoms with Crippen LogP contribution in [0.3, 0.4) is 0 Å². The van der Waals surface area contributed by atoms with Crippen molar-refractivity contribution in [1.82, 2.24) is 4.90 Å². The molecule has 0 spiro atoms. The van der Waals surface area contributed by atoms with E-state index in [2.05, 4.69) is 18.7 Å². The third kappa shape index (κ3) is 3.51. The number of piperidine rings is 1. The van der Waals surface area contributed by atoms with Crippen LogP contribution >= 0.6 is 0 Å². The van der Waals surface area contributed by atoms with Crippen LogP contribution in [0.15, 0.2) is 18.2 Å². The van der Waals surface area contributed by atoms with Gasteiger partial charge in [0.25, 0.3) is 0 Å². The summed E-state index contributed by atoms with van der Waals surface area (Å²) in [6.07, 6.45) is 3.04. The lowest BCUT2D eigenvalue weighted by atomic mass is 10.1. The van der Waals surface area contributed by atoms with Crippen molar-refractivity contribution >= 4 is 6.29 Å². The van der Waals surface area contributed by atoms with E-state index in [0.717, 1.165) is 32.2 Å². The van der Waals surface area contributed by atoms with Crippen LogP contribution in [0.5, 0.6) is 11.5 Å². The molecule has 1 heterocycles. The van der Waals surface area contributed by atoms with E-state index in [4.69, 9.17) is 9.47 Å². The maximum atomic E-state index is 10.9. The molecule has 1 aliphatic heterocycles. The van der Waals surface area contributed by atoms with E-state index >= 15 is 0 Å². The fourth-order valence-electron chi connectivity index (χ4n) is 2.55. The molecule has 20 heavy (non-hydrogen) atoms. The third-order valence-corrected chi connectivity index (χ3v) is 3.82. The van der Waals surface area contributed by atoms with Crippen molar-refractivity contribution in [2.75, 3.05) is 20.2 Å². The molecular formula is C16H23NO3. The zero-order valence-corrected chi connectivity index (χ0v) is 12.5. The number of hydrogen-bond acceptors (Lipinski definition) is 4. The predicted octanol–water partition coefficient (Wildman–Crippen LogP) is 2.76. The number of hydrogen-bond donors (Lipinski definition) is 0. The minimum absolute atomic E-state index is 0.195. The highest BCUT2D eigenvalue weighted by molar-refractivity contribution is 5.76. The third-order valence-electron chi connectivity index (χ3n) is 3.82. The second kappa shape index (κ2) is 6.75. The van der Waals surface area contributed by atoms with Gasteiger partial charge in [-0.15, -0.1) is 0 Å². The molecule has 0 N–H and O–H groups in total. The lowest BCUT2D eigenvalue weighted by Gasteiger charge is -2.34. The Kier molecular flexibility index (Phi) is 5.01. The Balaban J connectivity index is 2.01. The van der Waals surface area contributed by atoms with E-state index in [-0.39, 0.29) is 6.10 Å². The molecule has 0 saturated carbocycles. The number of likely N-dealkylation sites (tertiary alicyclic amines) is 1. The Bertz CT molecular complexity index is 451. The minimum Gasteiger partial charge on any atom is -0.493 e. The Morgan fingerprint density at radius 1 is 1.25 bits per heavy atom. The Morgan fingerprint density at radius 2 is 1.95 bits per heavy atom. The number of aldehydes is 1. The molecule has 1 aliphatic rings. The van der Waals surface area contributed by atoms with E-state index in [0.29, 0.717) is 23.1 Å². The number of rotatable bonds is 5. The molecule has 1 aromatic carbocycles. The van der Waals surface area contributed by atoms with Gasteiger partial charge in [-0.3, -0.25) is 4.79 Å². The van der Waals surface area contributed by atoms with Crippen molar-refractivity contribution in [3.05, 3.63) is 23.8 Å². The van der Waals surface area contributed by atoms with Crippen molar-refractivity contribution in [2.45, 2.75) is 38.8 Å². The molecule has 4 nitrogen and oxygen atoms in total. The van der Waals surface area contributed by atoms with Gasteiger partial charge in [0.2, 0.25) is 0 Å². The van der Waals surface area contributed by atoms with Crippen molar-refractivity contribution in [3.8, 4) is 11.5 Å². The number of methoxy groups -OCH3 is 1. The van der Waals surface area contributed by atoms with Crippen LogP contribution in [-0.4, -0.2) is 43.5 Å². The summed E-state index contributed by atoms with van der Waals surface area (Å²) in [5.74, 6) is 1.35. The summed E-state index contributed by atoms with van der Waals surface area (Å²) in [5.41, 5.74) is 0.611. The summed E-state index contributed by atoms with van der Waals surface area (Å²) in [6.45, 7) is 6.55. The first-order valence-electron chi connectivity index (χ1n) is 7.18. The van der Waals surface area contributed by atoms with Crippen LogP contribution in [0.25, 0.3) is 0 Å². The minimum atomic E-state index is 0.195. The van der Waals surface area contributed by atoms with Gasteiger partial charge in [0.05, 0.1) is 7.11 Å². The summed E-state index contributed by atoms with van der Waals surface area (Å²) in [4.78, 5) is 13.3. The SMILES string of the molecule is COc1ccc(C=O)cc1OC1CCN(C(C)C)CC1. The Labute approximate surface area is 120 Å². The number of carbonyl (C=O) groups excluding carboxylic acids is 1. The van der Waals surface area contributed by atoms with Crippen molar-refractivity contribution in [2.24, 2.45) is 0 Å². The first-order chi connectivity index (χ1) is 9.63. The second-order valence-electron chi connectivity index (χ2n) is 5.48. The Hall–Kier alpha value is -1.55. The summed E-state index contributed by atoms with van der Waals surface area (Å²) in [5, 5.41) is 0. The van der Waals surface area contributed by atoms with Crippen LogP contribution in [0, 0.1) is 0 Å². The van der Waals surface area contributed by atoms with Crippen LogP contribution in [0.4, 0.5) is 0 Å². The maximum Gasteiger partial charge on any atom is 0.162 e. The molecule has 1 saturated heterocycles. The van der Waals surface area contributed by atoms with E-state index in [1.807, 2.05) is 0 Å². The van der Waals surface area contributed by atoms with Crippen LogP contribution in [0.1, 0.15) is 37.0 Å². The van der Waals surface area contributed by atoms with Gasteiger partial charge in [0, 0.05) is 24.7 Å². The molecule has 0 atom stereocenters. The normalized spacial score (nSPS) is 17.2. The molecule has 0 aliphatic carbocycles. The molecule has 110 valence electrons. The molecule has 0 unspecified atom stereocenters. The summed E-state index contributed by atoms with van der Waals surface area (Å²) < 4.78 is 11.3. The van der Waals surface area contributed by atoms with Gasteiger partial charge in [-0.2, -0.15) is 0 Å². The van der Waals surface area contributed by atoms with Gasteiger partial charge >= 0.3 is 0 Å². The highest BCUT2D eigenvalue weighted by Crippen LogP contribution is 2.30. The fraction of sp³-hybridized carbons (Fsp3) is 0.562. The standard InChI is InChI=1S/C16H23NO3/c1-12(2)17-8-6-14(7-9-17)20-16-10-13(11-18)4-5-15(16)19-3/h4-5,10-12,14H,6-9H2,1-3H3. The zero-order chi connectivity index (χ0) is 14.5. The maximum absolute atomic E-state index is 10.9. The molecule has 0 bridgehead atoms. The van der Waals surface area contributed by atoms with Gasteiger partial charge in [-0.25, -0.2) is 0 Å². The van der Waals surface area contributed by atoms with Crippen LogP contribution in [0.2, 0.25) is 0 Å².